The number of aromatic nitrogens is 4. The zero-order chi connectivity index (χ0) is 23.7. The van der Waals surface area contributed by atoms with Gasteiger partial charge >= 0.3 is 11.8 Å². The van der Waals surface area contributed by atoms with Gasteiger partial charge in [0.05, 0.1) is 13.2 Å². The second-order valence-electron chi connectivity index (χ2n) is 8.35. The van der Waals surface area contributed by atoms with Crippen LogP contribution in [0.25, 0.3) is 11.2 Å². The standard InChI is InChI=1S/C23H29N5O5/c1-5-32-23(31)27-11-9-17(10-12-27)33-21-24-19-18(20(29)26(4)22(30)25(19)3)28(21)14-16-8-6-7-15(2)13-16/h6-8,13,17H,5,9-12,14H2,1-4H3. The van der Waals surface area contributed by atoms with Crippen LogP contribution in [0, 0.1) is 6.92 Å². The molecule has 3 heterocycles. The monoisotopic (exact) mass is 455 g/mol. The summed E-state index contributed by atoms with van der Waals surface area (Å²) in [6.07, 6.45) is 0.734. The Hall–Kier alpha value is -3.56. The average molecular weight is 456 g/mol. The fraction of sp³-hybridized carbons (Fsp3) is 0.478. The number of imidazole rings is 1. The van der Waals surface area contributed by atoms with Gasteiger partial charge in [-0.25, -0.2) is 9.59 Å². The Morgan fingerprint density at radius 3 is 2.55 bits per heavy atom. The SMILES string of the molecule is CCOC(=O)N1CCC(Oc2nc3c(c(=O)n(C)c(=O)n3C)n2Cc2cccc(C)c2)CC1. The molecule has 1 fully saturated rings. The average Bonchev–Trinajstić information content (AvgIpc) is 3.15. The lowest BCUT2D eigenvalue weighted by Gasteiger charge is -2.31. The van der Waals surface area contributed by atoms with E-state index in [1.54, 1.807) is 23.4 Å². The molecule has 10 nitrogen and oxygen atoms in total. The van der Waals surface area contributed by atoms with Crippen molar-refractivity contribution in [3.8, 4) is 6.01 Å². The van der Waals surface area contributed by atoms with Crippen molar-refractivity contribution in [1.82, 2.24) is 23.6 Å². The summed E-state index contributed by atoms with van der Waals surface area (Å²) < 4.78 is 15.5. The first-order chi connectivity index (χ1) is 15.8. The van der Waals surface area contributed by atoms with E-state index in [0.717, 1.165) is 15.7 Å². The number of carbonyl (C=O) groups excluding carboxylic acids is 1. The maximum atomic E-state index is 13.0. The molecule has 10 heteroatoms. The number of amides is 1. The van der Waals surface area contributed by atoms with Crippen molar-refractivity contribution < 1.29 is 14.3 Å². The lowest BCUT2D eigenvalue weighted by Crippen LogP contribution is -2.42. The third-order valence-corrected chi connectivity index (χ3v) is 5.98. The molecule has 1 saturated heterocycles. The zero-order valence-electron chi connectivity index (χ0n) is 19.4. The Kier molecular flexibility index (Phi) is 6.26. The van der Waals surface area contributed by atoms with Crippen LogP contribution in [0.1, 0.15) is 30.9 Å². The number of fused-ring (bicyclic) bond motifs is 1. The van der Waals surface area contributed by atoms with Crippen LogP contribution < -0.4 is 16.0 Å². The Bertz CT molecular complexity index is 1300. The molecule has 0 saturated carbocycles. The zero-order valence-corrected chi connectivity index (χ0v) is 19.4. The van der Waals surface area contributed by atoms with Crippen LogP contribution >= 0.6 is 0 Å². The van der Waals surface area contributed by atoms with Gasteiger partial charge in [-0.1, -0.05) is 29.8 Å². The van der Waals surface area contributed by atoms with Crippen molar-refractivity contribution in [2.24, 2.45) is 14.1 Å². The molecule has 0 unspecified atom stereocenters. The molecule has 1 amide bonds. The molecule has 0 atom stereocenters. The first kappa shape index (κ1) is 22.6. The highest BCUT2D eigenvalue weighted by atomic mass is 16.6. The van der Waals surface area contributed by atoms with Crippen LogP contribution in [-0.4, -0.2) is 55.5 Å². The van der Waals surface area contributed by atoms with Crippen LogP contribution in [0.2, 0.25) is 0 Å². The largest absolute Gasteiger partial charge is 0.461 e. The van der Waals surface area contributed by atoms with Gasteiger partial charge in [0.25, 0.3) is 11.6 Å². The van der Waals surface area contributed by atoms with Gasteiger partial charge in [0.2, 0.25) is 0 Å². The molecule has 4 rings (SSSR count). The van der Waals surface area contributed by atoms with Crippen LogP contribution in [-0.2, 0) is 25.4 Å². The maximum absolute atomic E-state index is 13.0. The molecule has 1 aliphatic heterocycles. The van der Waals surface area contributed by atoms with Crippen molar-refractivity contribution in [2.75, 3.05) is 19.7 Å². The van der Waals surface area contributed by atoms with Crippen molar-refractivity contribution in [2.45, 2.75) is 39.3 Å². The second kappa shape index (κ2) is 9.13. The van der Waals surface area contributed by atoms with Gasteiger partial charge in [-0.05, 0) is 19.4 Å². The molecule has 2 aromatic heterocycles. The Labute approximate surface area is 191 Å². The topological polar surface area (TPSA) is 101 Å². The van der Waals surface area contributed by atoms with E-state index in [1.165, 1.54) is 11.6 Å². The first-order valence-electron chi connectivity index (χ1n) is 11.1. The minimum Gasteiger partial charge on any atom is -0.461 e. The van der Waals surface area contributed by atoms with Gasteiger partial charge in [-0.2, -0.15) is 4.98 Å². The van der Waals surface area contributed by atoms with Gasteiger partial charge in [0, 0.05) is 40.0 Å². The summed E-state index contributed by atoms with van der Waals surface area (Å²) >= 11 is 0. The third kappa shape index (κ3) is 4.37. The fourth-order valence-electron chi connectivity index (χ4n) is 4.18. The fourth-order valence-corrected chi connectivity index (χ4v) is 4.18. The van der Waals surface area contributed by atoms with Crippen molar-refractivity contribution in [1.29, 1.82) is 0 Å². The summed E-state index contributed by atoms with van der Waals surface area (Å²) in [5.74, 6) is 0. The second-order valence-corrected chi connectivity index (χ2v) is 8.35. The number of nitrogens with zero attached hydrogens (tertiary/aromatic N) is 5. The van der Waals surface area contributed by atoms with E-state index >= 15 is 0 Å². The van der Waals surface area contributed by atoms with Crippen LogP contribution in [0.15, 0.2) is 33.9 Å². The number of aryl methyl sites for hydroxylation is 2. The minimum absolute atomic E-state index is 0.176. The molecule has 1 aliphatic rings. The molecule has 3 aromatic rings. The Balaban J connectivity index is 1.69. The molecule has 176 valence electrons. The summed E-state index contributed by atoms with van der Waals surface area (Å²) in [5, 5.41) is 0. The van der Waals surface area contributed by atoms with E-state index in [-0.39, 0.29) is 17.8 Å². The molecule has 0 spiro atoms. The summed E-state index contributed by atoms with van der Waals surface area (Å²) in [7, 11) is 3.05. The number of likely N-dealkylation sites (tertiary alicyclic amines) is 1. The maximum Gasteiger partial charge on any atom is 0.409 e. The van der Waals surface area contributed by atoms with E-state index < -0.39 is 11.2 Å². The Morgan fingerprint density at radius 2 is 1.88 bits per heavy atom. The van der Waals surface area contributed by atoms with Crippen molar-refractivity contribution >= 4 is 17.3 Å². The van der Waals surface area contributed by atoms with E-state index in [4.69, 9.17) is 9.47 Å². The molecule has 1 aromatic carbocycles. The van der Waals surface area contributed by atoms with E-state index in [9.17, 15) is 14.4 Å². The highest BCUT2D eigenvalue weighted by Crippen LogP contribution is 2.24. The minimum atomic E-state index is -0.443. The lowest BCUT2D eigenvalue weighted by atomic mass is 10.1. The highest BCUT2D eigenvalue weighted by Gasteiger charge is 2.27. The number of ether oxygens (including phenoxy) is 2. The molecule has 0 bridgehead atoms. The molecule has 0 radical (unpaired) electrons. The van der Waals surface area contributed by atoms with E-state index in [2.05, 4.69) is 4.98 Å². The molecule has 0 aliphatic carbocycles. The lowest BCUT2D eigenvalue weighted by molar-refractivity contribution is 0.0659. The van der Waals surface area contributed by atoms with Crippen molar-refractivity contribution in [3.05, 3.63) is 56.2 Å². The van der Waals surface area contributed by atoms with E-state index in [0.29, 0.717) is 50.6 Å². The van der Waals surface area contributed by atoms with E-state index in [1.807, 2.05) is 31.2 Å². The van der Waals surface area contributed by atoms with Gasteiger partial charge in [0.1, 0.15) is 6.10 Å². The van der Waals surface area contributed by atoms with Gasteiger partial charge in [-0.3, -0.25) is 18.5 Å². The van der Waals surface area contributed by atoms with Crippen LogP contribution in [0.5, 0.6) is 6.01 Å². The normalized spacial score (nSPS) is 14.6. The summed E-state index contributed by atoms with van der Waals surface area (Å²) in [6.45, 7) is 5.54. The van der Waals surface area contributed by atoms with Gasteiger partial charge in [0.15, 0.2) is 11.2 Å². The first-order valence-corrected chi connectivity index (χ1v) is 11.1. The third-order valence-electron chi connectivity index (χ3n) is 5.98. The number of rotatable bonds is 5. The van der Waals surface area contributed by atoms with Gasteiger partial charge in [-0.15, -0.1) is 0 Å². The number of benzene rings is 1. The Morgan fingerprint density at radius 1 is 1.15 bits per heavy atom. The number of hydrogen-bond acceptors (Lipinski definition) is 6. The summed E-state index contributed by atoms with van der Waals surface area (Å²) in [6, 6.07) is 8.28. The number of piperidine rings is 1. The molecular formula is C23H29N5O5. The summed E-state index contributed by atoms with van der Waals surface area (Å²) in [4.78, 5) is 43.7. The quantitative estimate of drug-likeness (QED) is 0.582. The number of carbonyl (C=O) groups is 1. The molecule has 33 heavy (non-hydrogen) atoms. The predicted octanol–water partition coefficient (Wildman–Crippen LogP) is 1.79. The number of hydrogen-bond donors (Lipinski definition) is 0. The highest BCUT2D eigenvalue weighted by molar-refractivity contribution is 5.72. The van der Waals surface area contributed by atoms with Gasteiger partial charge < -0.3 is 14.4 Å². The summed E-state index contributed by atoms with van der Waals surface area (Å²) in [5.41, 5.74) is 1.84. The van der Waals surface area contributed by atoms with Crippen molar-refractivity contribution in [3.63, 3.8) is 0 Å². The van der Waals surface area contributed by atoms with Crippen LogP contribution in [0.4, 0.5) is 4.79 Å². The smallest absolute Gasteiger partial charge is 0.409 e. The molecule has 0 N–H and O–H groups in total. The van der Waals surface area contributed by atoms with Crippen LogP contribution in [0.3, 0.4) is 0 Å². The molecular weight excluding hydrogens is 426 g/mol. The predicted molar refractivity (Wildman–Crippen MR) is 123 cm³/mol.